The van der Waals surface area contributed by atoms with Crippen LogP contribution < -0.4 is 5.43 Å². The number of halogens is 2. The molecule has 0 spiro atoms. The van der Waals surface area contributed by atoms with Crippen molar-refractivity contribution in [2.45, 2.75) is 12.5 Å². The molecule has 0 aliphatic carbocycles. The second kappa shape index (κ2) is 6.87. The molecular weight excluding hydrogens is 353 g/mol. The monoisotopic (exact) mass is 367 g/mol. The van der Waals surface area contributed by atoms with Crippen molar-refractivity contribution in [1.82, 2.24) is 10.4 Å². The number of hydrogen-bond donors (Lipinski definition) is 1. The van der Waals surface area contributed by atoms with E-state index in [1.807, 2.05) is 30.3 Å². The molecule has 1 aromatic heterocycles. The normalized spacial score (nSPS) is 16.4. The molecule has 0 amide bonds. The van der Waals surface area contributed by atoms with Gasteiger partial charge in [-0.05, 0) is 40.5 Å². The third-order valence-electron chi connectivity index (χ3n) is 4.30. The zero-order valence-electron chi connectivity index (χ0n) is 13.3. The molecule has 4 rings (SSSR count). The Hall–Kier alpha value is -2.36. The largest absolute Gasteiger partial charge is 0.302 e. The lowest BCUT2D eigenvalue weighted by molar-refractivity contribution is 0.618. The van der Waals surface area contributed by atoms with E-state index in [0.717, 1.165) is 39.4 Å². The van der Waals surface area contributed by atoms with Gasteiger partial charge in [0.1, 0.15) is 5.15 Å². The topological polar surface area (TPSA) is 37.3 Å². The number of nitrogens with zero attached hydrogens (tertiary/aromatic N) is 2. The average Bonchev–Trinajstić information content (AvgIpc) is 3.13. The van der Waals surface area contributed by atoms with Crippen LogP contribution in [0.3, 0.4) is 0 Å². The van der Waals surface area contributed by atoms with Crippen molar-refractivity contribution in [3.63, 3.8) is 0 Å². The van der Waals surface area contributed by atoms with Gasteiger partial charge in [0.25, 0.3) is 0 Å². The maximum absolute atomic E-state index is 5.95. The molecule has 1 unspecified atom stereocenters. The van der Waals surface area contributed by atoms with E-state index in [4.69, 9.17) is 23.2 Å². The molecular formula is C20H15Cl2N3. The molecule has 1 N–H and O–H groups in total. The van der Waals surface area contributed by atoms with E-state index in [2.05, 4.69) is 39.8 Å². The predicted molar refractivity (Wildman–Crippen MR) is 103 cm³/mol. The molecule has 1 aliphatic heterocycles. The first-order valence-corrected chi connectivity index (χ1v) is 8.74. The number of benzene rings is 2. The van der Waals surface area contributed by atoms with Crippen LogP contribution in [0.4, 0.5) is 0 Å². The van der Waals surface area contributed by atoms with Crippen molar-refractivity contribution in [1.29, 1.82) is 0 Å². The summed E-state index contributed by atoms with van der Waals surface area (Å²) in [4.78, 5) is 4.14. The number of hydrogen-bond acceptors (Lipinski definition) is 3. The Morgan fingerprint density at radius 2 is 1.44 bits per heavy atom. The number of pyridine rings is 1. The van der Waals surface area contributed by atoms with Crippen molar-refractivity contribution in [2.75, 3.05) is 0 Å². The molecule has 5 heteroatoms. The second-order valence-electron chi connectivity index (χ2n) is 5.94. The zero-order valence-corrected chi connectivity index (χ0v) is 14.8. The van der Waals surface area contributed by atoms with Crippen LogP contribution in [0.1, 0.15) is 23.6 Å². The van der Waals surface area contributed by atoms with E-state index in [0.29, 0.717) is 5.15 Å². The standard InChI is InChI=1S/C20H15Cl2N3/c21-17-8-5-14(6-9-17)13-1-3-15(4-2-13)18-11-19(25-24-18)16-7-10-20(22)23-12-16/h1-10,12,19,25H,11H2. The SMILES string of the molecule is Clc1ccc(-c2ccc(C3=NNC(c4ccc(Cl)nc4)C3)cc2)cc1. The van der Waals surface area contributed by atoms with Gasteiger partial charge in [0, 0.05) is 17.6 Å². The van der Waals surface area contributed by atoms with Crippen molar-refractivity contribution in [3.8, 4) is 11.1 Å². The summed E-state index contributed by atoms with van der Waals surface area (Å²) in [6.07, 6.45) is 2.62. The number of nitrogens with one attached hydrogen (secondary N) is 1. The molecule has 3 nitrogen and oxygen atoms in total. The molecule has 1 aliphatic rings. The lowest BCUT2D eigenvalue weighted by Crippen LogP contribution is -2.10. The smallest absolute Gasteiger partial charge is 0.129 e. The lowest BCUT2D eigenvalue weighted by Gasteiger charge is -2.09. The first-order chi connectivity index (χ1) is 12.2. The molecule has 2 heterocycles. The van der Waals surface area contributed by atoms with Gasteiger partial charge < -0.3 is 5.43 Å². The van der Waals surface area contributed by atoms with Gasteiger partial charge in [-0.25, -0.2) is 4.98 Å². The Morgan fingerprint density at radius 3 is 2.08 bits per heavy atom. The van der Waals surface area contributed by atoms with Crippen LogP contribution >= 0.6 is 23.2 Å². The molecule has 0 bridgehead atoms. The maximum atomic E-state index is 5.95. The fourth-order valence-electron chi connectivity index (χ4n) is 2.91. The molecule has 0 saturated heterocycles. The van der Waals surface area contributed by atoms with E-state index in [1.165, 1.54) is 0 Å². The van der Waals surface area contributed by atoms with Crippen molar-refractivity contribution >= 4 is 28.9 Å². The van der Waals surface area contributed by atoms with Gasteiger partial charge in [-0.15, -0.1) is 0 Å². The summed E-state index contributed by atoms with van der Waals surface area (Å²) in [7, 11) is 0. The third kappa shape index (κ3) is 3.53. The van der Waals surface area contributed by atoms with E-state index < -0.39 is 0 Å². The second-order valence-corrected chi connectivity index (χ2v) is 6.77. The highest BCUT2D eigenvalue weighted by Crippen LogP contribution is 2.26. The van der Waals surface area contributed by atoms with Gasteiger partial charge in [0.05, 0.1) is 11.8 Å². The van der Waals surface area contributed by atoms with Gasteiger partial charge in [-0.3, -0.25) is 0 Å². The van der Waals surface area contributed by atoms with Gasteiger partial charge in [0.15, 0.2) is 0 Å². The van der Waals surface area contributed by atoms with Crippen molar-refractivity contribution < 1.29 is 0 Å². The third-order valence-corrected chi connectivity index (χ3v) is 4.78. The maximum Gasteiger partial charge on any atom is 0.129 e. The van der Waals surface area contributed by atoms with Crippen LogP contribution in [0.2, 0.25) is 10.2 Å². The molecule has 2 aromatic carbocycles. The Labute approximate surface area is 156 Å². The number of rotatable bonds is 3. The summed E-state index contributed by atoms with van der Waals surface area (Å²) in [6, 6.07) is 20.2. The van der Waals surface area contributed by atoms with Crippen LogP contribution in [0.15, 0.2) is 72.0 Å². The van der Waals surface area contributed by atoms with Gasteiger partial charge in [0.2, 0.25) is 0 Å². The van der Waals surface area contributed by atoms with Crippen LogP contribution in [-0.2, 0) is 0 Å². The van der Waals surface area contributed by atoms with E-state index in [9.17, 15) is 0 Å². The fraction of sp³-hybridized carbons (Fsp3) is 0.100. The molecule has 124 valence electrons. The van der Waals surface area contributed by atoms with E-state index >= 15 is 0 Å². The van der Waals surface area contributed by atoms with Crippen molar-refractivity contribution in [2.24, 2.45) is 5.10 Å². The average molecular weight is 368 g/mol. The molecule has 0 saturated carbocycles. The lowest BCUT2D eigenvalue weighted by atomic mass is 9.98. The van der Waals surface area contributed by atoms with Crippen LogP contribution in [-0.4, -0.2) is 10.7 Å². The van der Waals surface area contributed by atoms with Crippen LogP contribution in [0.5, 0.6) is 0 Å². The molecule has 0 fully saturated rings. The minimum Gasteiger partial charge on any atom is -0.302 e. The highest BCUT2D eigenvalue weighted by molar-refractivity contribution is 6.30. The summed E-state index contributed by atoms with van der Waals surface area (Å²) in [5.74, 6) is 0. The molecule has 3 aromatic rings. The molecule has 25 heavy (non-hydrogen) atoms. The van der Waals surface area contributed by atoms with Crippen LogP contribution in [0, 0.1) is 0 Å². The highest BCUT2D eigenvalue weighted by atomic mass is 35.5. The zero-order chi connectivity index (χ0) is 17.2. The Morgan fingerprint density at radius 1 is 0.800 bits per heavy atom. The molecule has 0 radical (unpaired) electrons. The quantitative estimate of drug-likeness (QED) is 0.621. The van der Waals surface area contributed by atoms with E-state index in [-0.39, 0.29) is 6.04 Å². The summed E-state index contributed by atoms with van der Waals surface area (Å²) in [6.45, 7) is 0. The van der Waals surface area contributed by atoms with Crippen molar-refractivity contribution in [3.05, 3.63) is 88.2 Å². The van der Waals surface area contributed by atoms with Gasteiger partial charge >= 0.3 is 0 Å². The fourth-order valence-corrected chi connectivity index (χ4v) is 3.14. The predicted octanol–water partition coefficient (Wildman–Crippen LogP) is 5.49. The summed E-state index contributed by atoms with van der Waals surface area (Å²) >= 11 is 11.8. The number of aromatic nitrogens is 1. The van der Waals surface area contributed by atoms with E-state index in [1.54, 1.807) is 12.3 Å². The summed E-state index contributed by atoms with van der Waals surface area (Å²) in [5, 5.41) is 5.73. The Balaban J connectivity index is 1.49. The summed E-state index contributed by atoms with van der Waals surface area (Å²) in [5.41, 5.74) is 8.74. The van der Waals surface area contributed by atoms with Gasteiger partial charge in [-0.1, -0.05) is 65.7 Å². The first kappa shape index (κ1) is 16.1. The number of hydrazone groups is 1. The minimum atomic E-state index is 0.135. The summed E-state index contributed by atoms with van der Waals surface area (Å²) < 4.78 is 0. The highest BCUT2D eigenvalue weighted by Gasteiger charge is 2.21. The Bertz CT molecular complexity index is 901. The van der Waals surface area contributed by atoms with Crippen LogP contribution in [0.25, 0.3) is 11.1 Å². The molecule has 1 atom stereocenters. The minimum absolute atomic E-state index is 0.135. The first-order valence-electron chi connectivity index (χ1n) is 7.99. The Kier molecular flexibility index (Phi) is 4.43. The van der Waals surface area contributed by atoms with Gasteiger partial charge in [-0.2, -0.15) is 5.10 Å².